The van der Waals surface area contributed by atoms with E-state index in [0.29, 0.717) is 12.2 Å². The second kappa shape index (κ2) is 5.60. The van der Waals surface area contributed by atoms with Crippen LogP contribution in [0.2, 0.25) is 0 Å². The number of hydrogen-bond donors (Lipinski definition) is 0. The topological polar surface area (TPSA) is 69.4 Å². The molecule has 1 aromatic rings. The van der Waals surface area contributed by atoms with Crippen molar-refractivity contribution in [1.29, 1.82) is 0 Å². The third-order valence-corrected chi connectivity index (χ3v) is 2.79. The number of alkyl halides is 1. The Morgan fingerprint density at radius 1 is 1.50 bits per heavy atom. The van der Waals surface area contributed by atoms with E-state index in [-0.39, 0.29) is 5.69 Å². The van der Waals surface area contributed by atoms with E-state index in [1.807, 2.05) is 0 Å². The number of non-ortho nitro benzene ring substituents is 1. The highest BCUT2D eigenvalue weighted by molar-refractivity contribution is 9.09. The fourth-order valence-electron chi connectivity index (χ4n) is 1.12. The lowest BCUT2D eigenvalue weighted by molar-refractivity contribution is -0.384. The van der Waals surface area contributed by atoms with Gasteiger partial charge in [-0.05, 0) is 12.5 Å². The van der Waals surface area contributed by atoms with E-state index in [1.165, 1.54) is 24.3 Å². The van der Waals surface area contributed by atoms with Gasteiger partial charge in [0.25, 0.3) is 5.69 Å². The van der Waals surface area contributed by atoms with Gasteiger partial charge in [0.2, 0.25) is 0 Å². The number of esters is 1. The molecule has 0 aliphatic heterocycles. The van der Waals surface area contributed by atoms with Gasteiger partial charge in [-0.1, -0.05) is 28.1 Å². The van der Waals surface area contributed by atoms with Crippen LogP contribution in [0.25, 0.3) is 0 Å². The van der Waals surface area contributed by atoms with Gasteiger partial charge in [0.05, 0.1) is 11.5 Å². The molecule has 0 saturated carbocycles. The minimum absolute atomic E-state index is 0.00712. The van der Waals surface area contributed by atoms with Crippen LogP contribution in [0.3, 0.4) is 0 Å². The quantitative estimate of drug-likeness (QED) is 0.369. The number of ether oxygens (including phenoxy) is 1. The largest absolute Gasteiger partial charge is 0.465 e. The molecule has 1 rings (SSSR count). The number of nitro benzene ring substituents is 1. The molecule has 0 amide bonds. The maximum atomic E-state index is 11.4. The molecule has 1 atom stereocenters. The van der Waals surface area contributed by atoms with Crippen LogP contribution in [0.5, 0.6) is 0 Å². The van der Waals surface area contributed by atoms with E-state index >= 15 is 0 Å². The van der Waals surface area contributed by atoms with Crippen LogP contribution in [-0.2, 0) is 9.53 Å². The fraction of sp³-hybridized carbons (Fsp3) is 0.300. The van der Waals surface area contributed by atoms with Crippen LogP contribution in [0, 0.1) is 10.1 Å². The first-order valence-corrected chi connectivity index (χ1v) is 5.53. The zero-order valence-electron chi connectivity index (χ0n) is 8.55. The molecular weight excluding hydrogens is 278 g/mol. The fourth-order valence-corrected chi connectivity index (χ4v) is 1.55. The third-order valence-electron chi connectivity index (χ3n) is 1.89. The number of nitrogens with zero attached hydrogens (tertiary/aromatic N) is 1. The van der Waals surface area contributed by atoms with E-state index in [4.69, 9.17) is 4.74 Å². The lowest BCUT2D eigenvalue weighted by Crippen LogP contribution is -2.10. The molecule has 0 fully saturated rings. The maximum absolute atomic E-state index is 11.4. The number of halogens is 1. The molecule has 6 heteroatoms. The highest BCUT2D eigenvalue weighted by Crippen LogP contribution is 2.25. The molecule has 0 radical (unpaired) electrons. The highest BCUT2D eigenvalue weighted by atomic mass is 79.9. The van der Waals surface area contributed by atoms with E-state index < -0.39 is 15.7 Å². The van der Waals surface area contributed by atoms with Crippen molar-refractivity contribution < 1.29 is 14.5 Å². The molecule has 5 nitrogen and oxygen atoms in total. The maximum Gasteiger partial charge on any atom is 0.324 e. The zero-order chi connectivity index (χ0) is 12.1. The molecule has 0 unspecified atom stereocenters. The molecule has 0 aliphatic carbocycles. The van der Waals surface area contributed by atoms with Gasteiger partial charge in [-0.15, -0.1) is 0 Å². The standard InChI is InChI=1S/C10H10BrNO4/c1-2-16-10(13)9(11)7-3-5-8(6-4-7)12(14)15/h3-6,9H,2H2,1H3/t9-/m1/s1. The number of carbonyl (C=O) groups excluding carboxylic acids is 1. The van der Waals surface area contributed by atoms with Crippen LogP contribution in [0.4, 0.5) is 5.69 Å². The second-order valence-electron chi connectivity index (χ2n) is 2.96. The Balaban J connectivity index is 2.81. The van der Waals surface area contributed by atoms with Gasteiger partial charge in [0, 0.05) is 12.1 Å². The first kappa shape index (κ1) is 12.6. The minimum Gasteiger partial charge on any atom is -0.465 e. The van der Waals surface area contributed by atoms with Gasteiger partial charge in [0.1, 0.15) is 4.83 Å². The van der Waals surface area contributed by atoms with Crippen molar-refractivity contribution in [1.82, 2.24) is 0 Å². The number of carbonyl (C=O) groups is 1. The van der Waals surface area contributed by atoms with E-state index in [0.717, 1.165) is 0 Å². The van der Waals surface area contributed by atoms with Gasteiger partial charge in [0.15, 0.2) is 0 Å². The molecule has 0 N–H and O–H groups in total. The molecule has 16 heavy (non-hydrogen) atoms. The third kappa shape index (κ3) is 3.03. The lowest BCUT2D eigenvalue weighted by atomic mass is 10.1. The molecule has 0 heterocycles. The summed E-state index contributed by atoms with van der Waals surface area (Å²) in [5.41, 5.74) is 0.622. The summed E-state index contributed by atoms with van der Waals surface area (Å²) in [6.07, 6.45) is 0. The van der Waals surface area contributed by atoms with E-state index in [1.54, 1.807) is 6.92 Å². The predicted molar refractivity (Wildman–Crippen MR) is 61.4 cm³/mol. The van der Waals surface area contributed by atoms with E-state index in [2.05, 4.69) is 15.9 Å². The second-order valence-corrected chi connectivity index (χ2v) is 3.88. The Morgan fingerprint density at radius 3 is 2.50 bits per heavy atom. The average molecular weight is 288 g/mol. The summed E-state index contributed by atoms with van der Waals surface area (Å²) >= 11 is 3.17. The first-order chi connectivity index (χ1) is 7.56. The van der Waals surface area contributed by atoms with Crippen molar-refractivity contribution in [2.75, 3.05) is 6.61 Å². The van der Waals surface area contributed by atoms with E-state index in [9.17, 15) is 14.9 Å². The molecule has 1 aromatic carbocycles. The number of benzene rings is 1. The van der Waals surface area contributed by atoms with Crippen molar-refractivity contribution >= 4 is 27.6 Å². The van der Waals surface area contributed by atoms with Crippen molar-refractivity contribution in [3.05, 3.63) is 39.9 Å². The summed E-state index contributed by atoms with van der Waals surface area (Å²) < 4.78 is 4.82. The van der Waals surface area contributed by atoms with Crippen LogP contribution in [0.15, 0.2) is 24.3 Å². The molecule has 86 valence electrons. The Labute approximate surface area is 101 Å². The van der Waals surface area contributed by atoms with Gasteiger partial charge in [-0.3, -0.25) is 14.9 Å². The normalized spacial score (nSPS) is 11.9. The Hall–Kier alpha value is -1.43. The van der Waals surface area contributed by atoms with Crippen molar-refractivity contribution in [2.45, 2.75) is 11.8 Å². The van der Waals surface area contributed by atoms with Crippen LogP contribution < -0.4 is 0 Å². The van der Waals surface area contributed by atoms with Gasteiger partial charge in [-0.2, -0.15) is 0 Å². The SMILES string of the molecule is CCOC(=O)[C@H](Br)c1ccc([N+](=O)[O-])cc1. The number of hydrogen-bond acceptors (Lipinski definition) is 4. The summed E-state index contributed by atoms with van der Waals surface area (Å²) in [5.74, 6) is -0.406. The van der Waals surface area contributed by atoms with Crippen LogP contribution in [-0.4, -0.2) is 17.5 Å². The smallest absolute Gasteiger partial charge is 0.324 e. The van der Waals surface area contributed by atoms with Crippen LogP contribution >= 0.6 is 15.9 Å². The average Bonchev–Trinajstić information content (AvgIpc) is 2.28. The predicted octanol–water partition coefficient (Wildman–Crippen LogP) is 2.59. The number of rotatable bonds is 4. The summed E-state index contributed by atoms with van der Waals surface area (Å²) in [4.78, 5) is 20.7. The van der Waals surface area contributed by atoms with Gasteiger partial charge < -0.3 is 4.74 Å². The Morgan fingerprint density at radius 2 is 2.06 bits per heavy atom. The zero-order valence-corrected chi connectivity index (χ0v) is 10.1. The van der Waals surface area contributed by atoms with Crippen molar-refractivity contribution in [2.24, 2.45) is 0 Å². The highest BCUT2D eigenvalue weighted by Gasteiger charge is 2.18. The van der Waals surface area contributed by atoms with Crippen molar-refractivity contribution in [3.8, 4) is 0 Å². The molecule has 0 bridgehead atoms. The Bertz CT molecular complexity index is 390. The molecular formula is C10H10BrNO4. The van der Waals surface area contributed by atoms with Crippen LogP contribution in [0.1, 0.15) is 17.3 Å². The monoisotopic (exact) mass is 287 g/mol. The summed E-state index contributed by atoms with van der Waals surface area (Å²) in [6.45, 7) is 2.02. The van der Waals surface area contributed by atoms with Gasteiger partial charge in [-0.25, -0.2) is 0 Å². The summed E-state index contributed by atoms with van der Waals surface area (Å²) in [5, 5.41) is 10.4. The molecule has 0 aromatic heterocycles. The van der Waals surface area contributed by atoms with Gasteiger partial charge >= 0.3 is 5.97 Å². The first-order valence-electron chi connectivity index (χ1n) is 4.61. The van der Waals surface area contributed by atoms with Crippen molar-refractivity contribution in [3.63, 3.8) is 0 Å². The minimum atomic E-state index is -0.590. The Kier molecular flexibility index (Phi) is 4.42. The lowest BCUT2D eigenvalue weighted by Gasteiger charge is -2.08. The molecule has 0 aliphatic rings. The number of nitro groups is 1. The molecule has 0 spiro atoms. The summed E-state index contributed by atoms with van der Waals surface area (Å²) in [7, 11) is 0. The molecule has 0 saturated heterocycles. The summed E-state index contributed by atoms with van der Waals surface area (Å²) in [6, 6.07) is 5.74.